The van der Waals surface area contributed by atoms with Gasteiger partial charge in [-0.05, 0) is 97.1 Å². The summed E-state index contributed by atoms with van der Waals surface area (Å²) in [6.45, 7) is 0. The Bertz CT molecular complexity index is 3550. The van der Waals surface area contributed by atoms with E-state index in [2.05, 4.69) is 206 Å². The molecule has 0 aliphatic heterocycles. The third kappa shape index (κ3) is 5.00. The fraction of sp³-hybridized carbons (Fsp3) is 0.0169. The predicted molar refractivity (Wildman–Crippen MR) is 253 cm³/mol. The molecule has 0 saturated carbocycles. The van der Waals surface area contributed by atoms with Gasteiger partial charge in [0.15, 0.2) is 5.82 Å². The molecule has 2 aliphatic carbocycles. The average Bonchev–Trinajstić information content (AvgIpc) is 3.85. The number of fused-ring (bicyclic) bond motifs is 15. The van der Waals surface area contributed by atoms with E-state index in [1.807, 2.05) is 12.1 Å². The third-order valence-electron chi connectivity index (χ3n) is 13.1. The van der Waals surface area contributed by atoms with E-state index in [-0.39, 0.29) is 0 Å². The average molecular weight is 789 g/mol. The summed E-state index contributed by atoms with van der Waals surface area (Å²) in [5, 5.41) is 2.15. The van der Waals surface area contributed by atoms with Crippen LogP contribution in [0.2, 0.25) is 0 Å². The van der Waals surface area contributed by atoms with Crippen LogP contribution in [0.15, 0.2) is 223 Å². The van der Waals surface area contributed by atoms with Crippen molar-refractivity contribution in [2.45, 2.75) is 5.41 Å². The van der Waals surface area contributed by atoms with Crippen LogP contribution in [0.4, 0.5) is 0 Å². The Labute approximate surface area is 359 Å². The number of furan rings is 1. The molecule has 62 heavy (non-hydrogen) atoms. The minimum absolute atomic E-state index is 0.548. The van der Waals surface area contributed by atoms with Crippen molar-refractivity contribution in [3.8, 4) is 78.4 Å². The molecule has 13 rings (SSSR count). The Balaban J connectivity index is 1.09. The minimum Gasteiger partial charge on any atom is -0.455 e. The molecule has 2 heterocycles. The molecule has 0 unspecified atom stereocenters. The summed E-state index contributed by atoms with van der Waals surface area (Å²) in [5.74, 6) is 0.654. The number of para-hydroxylation sites is 2. The first-order chi connectivity index (χ1) is 30.7. The summed E-state index contributed by atoms with van der Waals surface area (Å²) in [7, 11) is 0. The maximum Gasteiger partial charge on any atom is 0.160 e. The minimum atomic E-state index is -0.548. The van der Waals surface area contributed by atoms with Crippen LogP contribution in [0.25, 0.3) is 100 Å². The summed E-state index contributed by atoms with van der Waals surface area (Å²) >= 11 is 0. The molecule has 0 radical (unpaired) electrons. The highest BCUT2D eigenvalue weighted by Crippen LogP contribution is 2.61. The van der Waals surface area contributed by atoms with Crippen molar-refractivity contribution in [2.24, 2.45) is 0 Å². The van der Waals surface area contributed by atoms with Crippen LogP contribution >= 0.6 is 0 Å². The Kier molecular flexibility index (Phi) is 7.52. The topological polar surface area (TPSA) is 38.9 Å². The van der Waals surface area contributed by atoms with E-state index < -0.39 is 5.41 Å². The van der Waals surface area contributed by atoms with Crippen molar-refractivity contribution in [1.29, 1.82) is 0 Å². The SMILES string of the molecule is c1ccc(-c2cccc(-c3nc(-c4ccc5c(c4)-c4ccccc4-c4ccccc4C54c5ccccc5-c5ccccc54)cc(-c4cccc5c4oc4ccccc45)n3)c2)cc1. The van der Waals surface area contributed by atoms with Crippen LogP contribution in [-0.4, -0.2) is 9.97 Å². The molecule has 3 heteroatoms. The largest absolute Gasteiger partial charge is 0.455 e. The Morgan fingerprint density at radius 2 is 0.823 bits per heavy atom. The Morgan fingerprint density at radius 3 is 1.56 bits per heavy atom. The van der Waals surface area contributed by atoms with Gasteiger partial charge in [-0.25, -0.2) is 9.97 Å². The van der Waals surface area contributed by atoms with Crippen LogP contribution in [0.5, 0.6) is 0 Å². The molecule has 11 aromatic rings. The van der Waals surface area contributed by atoms with Crippen LogP contribution in [-0.2, 0) is 5.41 Å². The molecule has 9 aromatic carbocycles. The van der Waals surface area contributed by atoms with Crippen molar-refractivity contribution in [2.75, 3.05) is 0 Å². The van der Waals surface area contributed by atoms with E-state index in [4.69, 9.17) is 14.4 Å². The summed E-state index contributed by atoms with van der Waals surface area (Å²) in [6, 6.07) is 78.7. The summed E-state index contributed by atoms with van der Waals surface area (Å²) in [6.07, 6.45) is 0. The van der Waals surface area contributed by atoms with Crippen molar-refractivity contribution in [1.82, 2.24) is 9.97 Å². The van der Waals surface area contributed by atoms with Gasteiger partial charge in [0, 0.05) is 27.5 Å². The maximum atomic E-state index is 6.61. The van der Waals surface area contributed by atoms with E-state index in [1.54, 1.807) is 0 Å². The van der Waals surface area contributed by atoms with Gasteiger partial charge < -0.3 is 4.42 Å². The molecule has 3 nitrogen and oxygen atoms in total. The first-order valence-corrected chi connectivity index (χ1v) is 21.2. The van der Waals surface area contributed by atoms with E-state index in [9.17, 15) is 0 Å². The standard InChI is InChI=1S/C59H36N2O/c1-2-16-37(17-3-1)38-18-14-19-40(34-38)58-60-54(36-55(61-58)48-27-15-26-47-46-25-9-13-31-56(46)62-57(47)48)39-32-33-53-49(35-39)42-21-5-4-20-41(42)43-22-6-10-28-50(43)59(53)51-29-11-7-23-44(51)45-24-8-12-30-52(45)59/h1-36H. The van der Waals surface area contributed by atoms with Gasteiger partial charge in [0.1, 0.15) is 11.2 Å². The monoisotopic (exact) mass is 788 g/mol. The first kappa shape index (κ1) is 34.7. The highest BCUT2D eigenvalue weighted by molar-refractivity contribution is 6.09. The van der Waals surface area contributed by atoms with Crippen LogP contribution < -0.4 is 0 Å². The number of hydrogen-bond acceptors (Lipinski definition) is 3. The van der Waals surface area contributed by atoms with Gasteiger partial charge in [0.2, 0.25) is 0 Å². The van der Waals surface area contributed by atoms with Crippen molar-refractivity contribution >= 4 is 21.9 Å². The number of benzene rings is 9. The predicted octanol–water partition coefficient (Wildman–Crippen LogP) is 15.1. The fourth-order valence-corrected chi connectivity index (χ4v) is 10.5. The maximum absolute atomic E-state index is 6.61. The summed E-state index contributed by atoms with van der Waals surface area (Å²) in [4.78, 5) is 10.8. The van der Waals surface area contributed by atoms with E-state index in [0.29, 0.717) is 5.82 Å². The second kappa shape index (κ2) is 13.4. The number of rotatable bonds is 4. The molecular weight excluding hydrogens is 753 g/mol. The second-order valence-electron chi connectivity index (χ2n) is 16.4. The number of hydrogen-bond donors (Lipinski definition) is 0. The van der Waals surface area contributed by atoms with Crippen LogP contribution in [0.1, 0.15) is 22.3 Å². The van der Waals surface area contributed by atoms with Gasteiger partial charge in [-0.3, -0.25) is 0 Å². The fourth-order valence-electron chi connectivity index (χ4n) is 10.5. The molecule has 0 N–H and O–H groups in total. The zero-order valence-corrected chi connectivity index (χ0v) is 33.6. The molecule has 0 fully saturated rings. The van der Waals surface area contributed by atoms with Crippen LogP contribution in [0, 0.1) is 0 Å². The van der Waals surface area contributed by atoms with Gasteiger partial charge in [0.25, 0.3) is 0 Å². The molecular formula is C59H36N2O. The quantitative estimate of drug-likeness (QED) is 0.178. The zero-order chi connectivity index (χ0) is 40.8. The number of aromatic nitrogens is 2. The lowest BCUT2D eigenvalue weighted by Gasteiger charge is -2.35. The van der Waals surface area contributed by atoms with Crippen molar-refractivity contribution < 1.29 is 4.42 Å². The van der Waals surface area contributed by atoms with Crippen molar-refractivity contribution in [3.05, 3.63) is 241 Å². The molecule has 0 bridgehead atoms. The zero-order valence-electron chi connectivity index (χ0n) is 33.6. The van der Waals surface area contributed by atoms with Crippen LogP contribution in [0.3, 0.4) is 0 Å². The van der Waals surface area contributed by atoms with Gasteiger partial charge in [-0.15, -0.1) is 0 Å². The van der Waals surface area contributed by atoms with Crippen molar-refractivity contribution in [3.63, 3.8) is 0 Å². The second-order valence-corrected chi connectivity index (χ2v) is 16.4. The molecule has 2 aliphatic rings. The first-order valence-electron chi connectivity index (χ1n) is 21.2. The lowest BCUT2D eigenvalue weighted by atomic mass is 9.66. The lowest BCUT2D eigenvalue weighted by molar-refractivity contribution is 0.670. The van der Waals surface area contributed by atoms with E-state index in [1.165, 1.54) is 55.6 Å². The summed E-state index contributed by atoms with van der Waals surface area (Å²) in [5.41, 5.74) is 20.5. The van der Waals surface area contributed by atoms with E-state index >= 15 is 0 Å². The Hall–Kier alpha value is -8.14. The molecule has 2 aromatic heterocycles. The van der Waals surface area contributed by atoms with Gasteiger partial charge >= 0.3 is 0 Å². The molecule has 0 saturated heterocycles. The smallest absolute Gasteiger partial charge is 0.160 e. The lowest BCUT2D eigenvalue weighted by Crippen LogP contribution is -2.29. The highest BCUT2D eigenvalue weighted by atomic mass is 16.3. The Morgan fingerprint density at radius 1 is 0.306 bits per heavy atom. The third-order valence-corrected chi connectivity index (χ3v) is 13.1. The molecule has 0 amide bonds. The molecule has 288 valence electrons. The molecule has 1 spiro atoms. The van der Waals surface area contributed by atoms with Gasteiger partial charge in [-0.2, -0.15) is 0 Å². The van der Waals surface area contributed by atoms with Gasteiger partial charge in [0.05, 0.1) is 16.8 Å². The normalized spacial score (nSPS) is 13.0. The molecule has 0 atom stereocenters. The number of nitrogens with zero attached hydrogens (tertiary/aromatic N) is 2. The van der Waals surface area contributed by atoms with E-state index in [0.717, 1.165) is 61.1 Å². The highest BCUT2D eigenvalue weighted by Gasteiger charge is 2.49. The summed E-state index contributed by atoms with van der Waals surface area (Å²) < 4.78 is 6.61. The van der Waals surface area contributed by atoms with Gasteiger partial charge in [-0.1, -0.05) is 188 Å².